The van der Waals surface area contributed by atoms with Gasteiger partial charge in [0, 0.05) is 53.9 Å². The highest BCUT2D eigenvalue weighted by Gasteiger charge is 2.25. The summed E-state index contributed by atoms with van der Waals surface area (Å²) >= 11 is 0. The van der Waals surface area contributed by atoms with E-state index in [0.29, 0.717) is 41.3 Å². The molecule has 0 saturated carbocycles. The first-order valence-electron chi connectivity index (χ1n) is 14.6. The molecule has 0 unspecified atom stereocenters. The normalized spacial score (nSPS) is 10.8. The molecule has 0 saturated heterocycles. The van der Waals surface area contributed by atoms with Gasteiger partial charge < -0.3 is 29.0 Å². The summed E-state index contributed by atoms with van der Waals surface area (Å²) in [5.41, 5.74) is 3.95. The van der Waals surface area contributed by atoms with Crippen molar-refractivity contribution < 1.29 is 28.2 Å². The van der Waals surface area contributed by atoms with Crippen molar-refractivity contribution in [3.63, 3.8) is 0 Å². The topological polar surface area (TPSA) is 84.1 Å². The maximum Gasteiger partial charge on any atom is 0.254 e. The van der Waals surface area contributed by atoms with Crippen molar-refractivity contribution in [2.75, 3.05) is 34.4 Å². The molecule has 8 nitrogen and oxygen atoms in total. The lowest BCUT2D eigenvalue weighted by molar-refractivity contribution is -0.132. The van der Waals surface area contributed by atoms with Crippen LogP contribution in [-0.4, -0.2) is 61.0 Å². The minimum atomic E-state index is -0.390. The van der Waals surface area contributed by atoms with Crippen LogP contribution in [0.2, 0.25) is 0 Å². The molecule has 0 aliphatic heterocycles. The molecule has 0 radical (unpaired) electrons. The number of amides is 2. The van der Waals surface area contributed by atoms with Crippen molar-refractivity contribution in [1.82, 2.24) is 14.8 Å². The number of ether oxygens (including phenoxy) is 3. The van der Waals surface area contributed by atoms with Crippen LogP contribution in [0.4, 0.5) is 4.39 Å². The van der Waals surface area contributed by atoms with Gasteiger partial charge in [-0.05, 0) is 53.9 Å². The molecule has 0 fully saturated rings. The van der Waals surface area contributed by atoms with Gasteiger partial charge in [-0.2, -0.15) is 0 Å². The van der Waals surface area contributed by atoms with Crippen LogP contribution in [0.25, 0.3) is 10.9 Å². The Labute approximate surface area is 261 Å². The van der Waals surface area contributed by atoms with Gasteiger partial charge in [-0.1, -0.05) is 48.5 Å². The SMILES string of the molecule is COc1cc(OC)cc(C(=O)N(CC(=O)N(CCc2c[nH]c3ccccc23)Cc2ccccc2OC)Cc2ccc(F)cc2)c1. The maximum atomic E-state index is 14.2. The molecule has 45 heavy (non-hydrogen) atoms. The number of aromatic nitrogens is 1. The molecule has 0 aliphatic carbocycles. The number of rotatable bonds is 13. The lowest BCUT2D eigenvalue weighted by Gasteiger charge is -2.28. The molecule has 1 heterocycles. The van der Waals surface area contributed by atoms with Crippen molar-refractivity contribution in [1.29, 1.82) is 0 Å². The highest BCUT2D eigenvalue weighted by atomic mass is 19.1. The van der Waals surface area contributed by atoms with Crippen LogP contribution >= 0.6 is 0 Å². The molecule has 5 rings (SSSR count). The van der Waals surface area contributed by atoms with E-state index in [9.17, 15) is 14.0 Å². The van der Waals surface area contributed by atoms with E-state index in [1.165, 1.54) is 31.3 Å². The van der Waals surface area contributed by atoms with Crippen molar-refractivity contribution in [3.05, 3.63) is 125 Å². The fourth-order valence-corrected chi connectivity index (χ4v) is 5.31. The highest BCUT2D eigenvalue weighted by Crippen LogP contribution is 2.25. The Hall–Kier alpha value is -5.31. The number of H-pyrrole nitrogens is 1. The first-order chi connectivity index (χ1) is 21.9. The van der Waals surface area contributed by atoms with E-state index in [-0.39, 0.29) is 31.4 Å². The lowest BCUT2D eigenvalue weighted by Crippen LogP contribution is -2.43. The lowest BCUT2D eigenvalue weighted by atomic mass is 10.1. The number of carbonyl (C=O) groups is 2. The third kappa shape index (κ3) is 7.62. The second kappa shape index (κ2) is 14.4. The van der Waals surface area contributed by atoms with Gasteiger partial charge in [0.05, 0.1) is 21.3 Å². The highest BCUT2D eigenvalue weighted by molar-refractivity contribution is 5.97. The van der Waals surface area contributed by atoms with Gasteiger partial charge in [0.25, 0.3) is 5.91 Å². The maximum absolute atomic E-state index is 14.2. The molecular weight excluding hydrogens is 573 g/mol. The van der Waals surface area contributed by atoms with Gasteiger partial charge in [0.1, 0.15) is 29.6 Å². The average Bonchev–Trinajstić information content (AvgIpc) is 3.49. The van der Waals surface area contributed by atoms with Gasteiger partial charge in [-0.3, -0.25) is 9.59 Å². The van der Waals surface area contributed by atoms with E-state index in [2.05, 4.69) is 11.1 Å². The number of nitrogens with one attached hydrogen (secondary N) is 1. The summed E-state index contributed by atoms with van der Waals surface area (Å²) in [7, 11) is 4.61. The smallest absolute Gasteiger partial charge is 0.254 e. The van der Waals surface area contributed by atoms with E-state index in [1.54, 1.807) is 42.3 Å². The fraction of sp³-hybridized carbons (Fsp3) is 0.222. The molecule has 0 bridgehead atoms. The van der Waals surface area contributed by atoms with Crippen molar-refractivity contribution >= 4 is 22.7 Å². The predicted molar refractivity (Wildman–Crippen MR) is 171 cm³/mol. The Morgan fingerprint density at radius 3 is 2.16 bits per heavy atom. The molecule has 232 valence electrons. The van der Waals surface area contributed by atoms with Crippen LogP contribution < -0.4 is 14.2 Å². The van der Waals surface area contributed by atoms with Crippen LogP contribution in [0.1, 0.15) is 27.0 Å². The molecule has 5 aromatic rings. The number of hydrogen-bond acceptors (Lipinski definition) is 5. The minimum Gasteiger partial charge on any atom is -0.497 e. The van der Waals surface area contributed by atoms with E-state index < -0.39 is 5.91 Å². The van der Waals surface area contributed by atoms with Crippen molar-refractivity contribution in [3.8, 4) is 17.2 Å². The Kier molecular flexibility index (Phi) is 9.99. The number of methoxy groups -OCH3 is 3. The molecular formula is C36H36FN3O5. The zero-order chi connectivity index (χ0) is 31.8. The summed E-state index contributed by atoms with van der Waals surface area (Å²) < 4.78 is 30.1. The summed E-state index contributed by atoms with van der Waals surface area (Å²) in [6.07, 6.45) is 2.57. The van der Waals surface area contributed by atoms with E-state index in [4.69, 9.17) is 14.2 Å². The van der Waals surface area contributed by atoms with Crippen LogP contribution in [0.3, 0.4) is 0 Å². The number of fused-ring (bicyclic) bond motifs is 1. The number of aromatic amines is 1. The van der Waals surface area contributed by atoms with Crippen LogP contribution in [-0.2, 0) is 24.3 Å². The van der Waals surface area contributed by atoms with E-state index >= 15 is 0 Å². The van der Waals surface area contributed by atoms with Gasteiger partial charge in [-0.25, -0.2) is 4.39 Å². The predicted octanol–water partition coefficient (Wildman–Crippen LogP) is 6.25. The van der Waals surface area contributed by atoms with Gasteiger partial charge in [-0.15, -0.1) is 0 Å². The average molecular weight is 610 g/mol. The van der Waals surface area contributed by atoms with E-state index in [0.717, 1.165) is 22.0 Å². The Morgan fingerprint density at radius 1 is 0.756 bits per heavy atom. The van der Waals surface area contributed by atoms with Crippen LogP contribution in [0.15, 0.2) is 97.2 Å². The van der Waals surface area contributed by atoms with E-state index in [1.807, 2.05) is 48.7 Å². The zero-order valence-corrected chi connectivity index (χ0v) is 25.6. The van der Waals surface area contributed by atoms with Gasteiger partial charge in [0.2, 0.25) is 5.91 Å². The summed E-state index contributed by atoms with van der Waals surface area (Å²) in [5, 5.41) is 1.10. The van der Waals surface area contributed by atoms with Crippen LogP contribution in [0, 0.1) is 5.82 Å². The molecule has 4 aromatic carbocycles. The fourth-order valence-electron chi connectivity index (χ4n) is 5.31. The molecule has 0 aliphatic rings. The standard InChI is InChI=1S/C36H36FN3O5/c1-43-30-18-28(19-31(20-30)44-2)36(42)40(22-25-12-14-29(37)15-13-25)24-35(41)39(23-27-8-4-7-11-34(27)45-3)17-16-26-21-38-33-10-6-5-9-32(26)33/h4-15,18-21,38H,16-17,22-24H2,1-3H3. The third-order valence-electron chi connectivity index (χ3n) is 7.73. The van der Waals surface area contributed by atoms with Crippen LogP contribution in [0.5, 0.6) is 17.2 Å². The largest absolute Gasteiger partial charge is 0.497 e. The molecule has 0 spiro atoms. The first-order valence-corrected chi connectivity index (χ1v) is 14.6. The Bertz CT molecular complexity index is 1750. The monoisotopic (exact) mass is 609 g/mol. The quantitative estimate of drug-likeness (QED) is 0.171. The number of hydrogen-bond donors (Lipinski definition) is 1. The van der Waals surface area contributed by atoms with Gasteiger partial charge >= 0.3 is 0 Å². The Balaban J connectivity index is 1.45. The van der Waals surface area contributed by atoms with Gasteiger partial charge in [0.15, 0.2) is 0 Å². The van der Waals surface area contributed by atoms with Crippen molar-refractivity contribution in [2.24, 2.45) is 0 Å². The van der Waals surface area contributed by atoms with Crippen molar-refractivity contribution in [2.45, 2.75) is 19.5 Å². The summed E-state index contributed by atoms with van der Waals surface area (Å²) in [4.78, 5) is 34.7. The molecule has 0 atom stereocenters. The second-order valence-corrected chi connectivity index (χ2v) is 10.6. The summed E-state index contributed by atoms with van der Waals surface area (Å²) in [5.74, 6) is 0.546. The molecule has 2 amide bonds. The summed E-state index contributed by atoms with van der Waals surface area (Å²) in [6, 6.07) is 26.4. The number of carbonyl (C=O) groups excluding carboxylic acids is 2. The minimum absolute atomic E-state index is 0.0926. The molecule has 1 N–H and O–H groups in total. The summed E-state index contributed by atoms with van der Waals surface area (Å²) in [6.45, 7) is 0.579. The number of nitrogens with zero attached hydrogens (tertiary/aromatic N) is 2. The zero-order valence-electron chi connectivity index (χ0n) is 25.6. The molecule has 1 aromatic heterocycles. The first kappa shape index (κ1) is 31.1. The third-order valence-corrected chi connectivity index (χ3v) is 7.73. The number of para-hydroxylation sites is 2. The number of halogens is 1. The molecule has 9 heteroatoms. The second-order valence-electron chi connectivity index (χ2n) is 10.6. The Morgan fingerprint density at radius 2 is 1.44 bits per heavy atom. The number of benzene rings is 4.